The molecule has 0 aromatic heterocycles. The van der Waals surface area contributed by atoms with E-state index in [2.05, 4.69) is 0 Å². The maximum Gasteiger partial charge on any atom is 0.316 e. The van der Waals surface area contributed by atoms with E-state index >= 15 is 0 Å². The molecule has 0 saturated carbocycles. The van der Waals surface area contributed by atoms with E-state index in [-0.39, 0.29) is 37.1 Å². The molecule has 0 atom stereocenters. The van der Waals surface area contributed by atoms with E-state index in [9.17, 15) is 19.2 Å². The highest BCUT2D eigenvalue weighted by molar-refractivity contribution is 5.81. The molecule has 0 spiro atoms. The van der Waals surface area contributed by atoms with Gasteiger partial charge in [-0.2, -0.15) is 0 Å². The van der Waals surface area contributed by atoms with Gasteiger partial charge >= 0.3 is 23.9 Å². The fraction of sp³-hybridized carbons (Fsp3) is 0.543. The fourth-order valence-electron chi connectivity index (χ4n) is 3.67. The molecular weight excluding hydrogens is 580 g/mol. The van der Waals surface area contributed by atoms with Crippen LogP contribution in [0.5, 0.6) is 23.0 Å². The maximum absolute atomic E-state index is 12.7. The number of hydrogen-bond acceptors (Lipinski definition) is 10. The van der Waals surface area contributed by atoms with Gasteiger partial charge in [0, 0.05) is 5.56 Å². The summed E-state index contributed by atoms with van der Waals surface area (Å²) in [5, 5.41) is 0. The number of carbonyl (C=O) groups excluding carboxylic acids is 4. The molecule has 0 heterocycles. The molecule has 10 nitrogen and oxygen atoms in total. The molecular formula is C35H48O10. The Labute approximate surface area is 266 Å². The predicted molar refractivity (Wildman–Crippen MR) is 168 cm³/mol. The van der Waals surface area contributed by atoms with Crippen molar-refractivity contribution in [3.8, 4) is 23.0 Å². The van der Waals surface area contributed by atoms with Gasteiger partial charge in [0.1, 0.15) is 6.61 Å². The van der Waals surface area contributed by atoms with E-state index in [1.165, 1.54) is 14.2 Å². The number of esters is 4. The van der Waals surface area contributed by atoms with Gasteiger partial charge in [0.2, 0.25) is 0 Å². The lowest BCUT2D eigenvalue weighted by atomic mass is 9.97. The van der Waals surface area contributed by atoms with E-state index in [0.717, 1.165) is 5.56 Å². The molecule has 2 aromatic carbocycles. The molecule has 0 aliphatic rings. The minimum Gasteiger partial charge on any atom is -0.493 e. The first kappa shape index (κ1) is 37.1. The Kier molecular flexibility index (Phi) is 12.6. The lowest BCUT2D eigenvalue weighted by molar-refractivity contribution is -0.153. The predicted octanol–water partition coefficient (Wildman–Crippen LogP) is 6.41. The number of ether oxygens (including phenoxy) is 6. The molecule has 45 heavy (non-hydrogen) atoms. The average molecular weight is 629 g/mol. The molecule has 0 bridgehead atoms. The van der Waals surface area contributed by atoms with Crippen molar-refractivity contribution in [3.05, 3.63) is 47.0 Å². The molecule has 10 heteroatoms. The van der Waals surface area contributed by atoms with Crippen molar-refractivity contribution >= 4 is 23.9 Å². The zero-order chi connectivity index (χ0) is 34.2. The number of hydrogen-bond donors (Lipinski definition) is 0. The summed E-state index contributed by atoms with van der Waals surface area (Å²) in [6.45, 7) is 16.0. The first-order valence-corrected chi connectivity index (χ1v) is 14.9. The normalized spacial score (nSPS) is 11.8. The van der Waals surface area contributed by atoms with Crippen LogP contribution in [0.1, 0.15) is 85.4 Å². The third-order valence-corrected chi connectivity index (χ3v) is 6.45. The summed E-state index contributed by atoms with van der Waals surface area (Å²) in [6.07, 6.45) is 1.08. The van der Waals surface area contributed by atoms with E-state index in [4.69, 9.17) is 28.4 Å². The van der Waals surface area contributed by atoms with Gasteiger partial charge in [0.25, 0.3) is 0 Å². The molecule has 2 rings (SSSR count). The smallest absolute Gasteiger partial charge is 0.316 e. The second kappa shape index (κ2) is 15.3. The summed E-state index contributed by atoms with van der Waals surface area (Å²) in [5.41, 5.74) is -0.128. The van der Waals surface area contributed by atoms with Gasteiger partial charge in [-0.25, -0.2) is 0 Å². The molecule has 0 N–H and O–H groups in total. The van der Waals surface area contributed by atoms with Crippen LogP contribution in [0, 0.1) is 16.2 Å². The third-order valence-electron chi connectivity index (χ3n) is 6.45. The summed E-state index contributed by atoms with van der Waals surface area (Å²) in [6, 6.07) is 8.48. The molecule has 0 amide bonds. The van der Waals surface area contributed by atoms with Crippen molar-refractivity contribution in [3.63, 3.8) is 0 Å². The van der Waals surface area contributed by atoms with Crippen LogP contribution in [0.3, 0.4) is 0 Å². The second-order valence-corrected chi connectivity index (χ2v) is 13.9. The van der Waals surface area contributed by atoms with Crippen molar-refractivity contribution in [2.45, 2.75) is 88.2 Å². The topological polar surface area (TPSA) is 124 Å². The molecule has 0 radical (unpaired) electrons. The van der Waals surface area contributed by atoms with Crippen LogP contribution in [0.2, 0.25) is 0 Å². The Balaban J connectivity index is 2.36. The van der Waals surface area contributed by atoms with Crippen LogP contribution in [-0.4, -0.2) is 44.7 Å². The summed E-state index contributed by atoms with van der Waals surface area (Å²) >= 11 is 0. The van der Waals surface area contributed by atoms with Gasteiger partial charge in [0.15, 0.2) is 23.0 Å². The number of rotatable bonds is 12. The van der Waals surface area contributed by atoms with Crippen molar-refractivity contribution in [1.29, 1.82) is 0 Å². The minimum absolute atomic E-state index is 0.0141. The van der Waals surface area contributed by atoms with E-state index in [1.54, 1.807) is 80.5 Å². The quantitative estimate of drug-likeness (QED) is 0.148. The lowest BCUT2D eigenvalue weighted by Gasteiger charge is -2.21. The van der Waals surface area contributed by atoms with Gasteiger partial charge in [-0.1, -0.05) is 12.1 Å². The van der Waals surface area contributed by atoms with Gasteiger partial charge < -0.3 is 28.4 Å². The first-order valence-electron chi connectivity index (χ1n) is 14.9. The van der Waals surface area contributed by atoms with Crippen molar-refractivity contribution < 1.29 is 47.6 Å². The number of methoxy groups -OCH3 is 2. The Bertz CT molecular complexity index is 1370. The van der Waals surface area contributed by atoms with Crippen molar-refractivity contribution in [2.75, 3.05) is 20.8 Å². The van der Waals surface area contributed by atoms with Crippen molar-refractivity contribution in [1.82, 2.24) is 0 Å². The number of benzene rings is 2. The fourth-order valence-corrected chi connectivity index (χ4v) is 3.67. The van der Waals surface area contributed by atoms with Crippen LogP contribution in [0.4, 0.5) is 0 Å². The standard InChI is InChI=1S/C35H48O10/c1-33(2,3)30(37)42-16-12-13-22-17-24(20-28(36)41-11)29(27(18-22)40-10)43-21-23-14-15-25(44-31(38)34(4,5)6)26(19-23)45-32(39)35(7,8)9/h14-15,17-19H,12-13,16,20-21H2,1-11H3. The zero-order valence-corrected chi connectivity index (χ0v) is 28.5. The molecule has 0 fully saturated rings. The summed E-state index contributed by atoms with van der Waals surface area (Å²) in [7, 11) is 2.81. The van der Waals surface area contributed by atoms with Crippen LogP contribution >= 0.6 is 0 Å². The summed E-state index contributed by atoms with van der Waals surface area (Å²) < 4.78 is 33.4. The first-order chi connectivity index (χ1) is 20.8. The third kappa shape index (κ3) is 11.4. The number of aryl methyl sites for hydroxylation is 1. The Morgan fingerprint density at radius 1 is 0.667 bits per heavy atom. The van der Waals surface area contributed by atoms with Crippen LogP contribution in [-0.2, 0) is 48.1 Å². The van der Waals surface area contributed by atoms with Gasteiger partial charge in [-0.3, -0.25) is 19.2 Å². The van der Waals surface area contributed by atoms with Gasteiger partial charge in [0.05, 0.1) is 43.5 Å². The van der Waals surface area contributed by atoms with Gasteiger partial charge in [-0.15, -0.1) is 0 Å². The average Bonchev–Trinajstić information content (AvgIpc) is 2.93. The molecule has 248 valence electrons. The highest BCUT2D eigenvalue weighted by atomic mass is 16.6. The second-order valence-electron chi connectivity index (χ2n) is 13.9. The van der Waals surface area contributed by atoms with E-state index in [1.807, 2.05) is 12.1 Å². The largest absolute Gasteiger partial charge is 0.493 e. The molecule has 2 aromatic rings. The Hall–Kier alpha value is -4.08. The number of carbonyl (C=O) groups is 4. The van der Waals surface area contributed by atoms with Crippen LogP contribution < -0.4 is 18.9 Å². The molecule has 0 aliphatic carbocycles. The monoisotopic (exact) mass is 628 g/mol. The molecule has 0 aliphatic heterocycles. The molecule has 0 saturated heterocycles. The Morgan fingerprint density at radius 2 is 1.22 bits per heavy atom. The lowest BCUT2D eigenvalue weighted by Crippen LogP contribution is -2.28. The van der Waals surface area contributed by atoms with E-state index in [0.29, 0.717) is 35.5 Å². The Morgan fingerprint density at radius 3 is 1.76 bits per heavy atom. The van der Waals surface area contributed by atoms with E-state index < -0.39 is 34.2 Å². The zero-order valence-electron chi connectivity index (χ0n) is 28.5. The minimum atomic E-state index is -0.802. The van der Waals surface area contributed by atoms with Crippen LogP contribution in [0.15, 0.2) is 30.3 Å². The SMILES string of the molecule is COC(=O)Cc1cc(CCCOC(=O)C(C)(C)C)cc(OC)c1OCc1ccc(OC(=O)C(C)(C)C)c(OC(=O)C(C)(C)C)c1. The maximum atomic E-state index is 12.7. The van der Waals surface area contributed by atoms with Crippen molar-refractivity contribution in [2.24, 2.45) is 16.2 Å². The highest BCUT2D eigenvalue weighted by Gasteiger charge is 2.28. The van der Waals surface area contributed by atoms with Crippen LogP contribution in [0.25, 0.3) is 0 Å². The molecule has 0 unspecified atom stereocenters. The summed E-state index contributed by atoms with van der Waals surface area (Å²) in [5.74, 6) is -0.763. The summed E-state index contributed by atoms with van der Waals surface area (Å²) in [4.78, 5) is 49.7. The highest BCUT2D eigenvalue weighted by Crippen LogP contribution is 2.36. The van der Waals surface area contributed by atoms with Gasteiger partial charge in [-0.05, 0) is 104 Å².